The summed E-state index contributed by atoms with van der Waals surface area (Å²) in [5, 5.41) is 8.73. The third kappa shape index (κ3) is 4.60. The molecule has 1 unspecified atom stereocenters. The van der Waals surface area contributed by atoms with Crippen LogP contribution < -0.4 is 0 Å². The van der Waals surface area contributed by atoms with E-state index in [4.69, 9.17) is 49.6 Å². The molecular weight excluding hydrogens is 517 g/mol. The van der Waals surface area contributed by atoms with Crippen molar-refractivity contribution in [3.63, 3.8) is 0 Å². The molecule has 0 saturated heterocycles. The van der Waals surface area contributed by atoms with Gasteiger partial charge in [0.05, 0.1) is 27.3 Å². The van der Waals surface area contributed by atoms with Crippen LogP contribution in [0.2, 0.25) is 15.1 Å². The average molecular weight is 539 g/mol. The van der Waals surface area contributed by atoms with Gasteiger partial charge in [-0.05, 0) is 48.4 Å². The van der Waals surface area contributed by atoms with E-state index in [2.05, 4.69) is 12.1 Å². The number of fused-ring (bicyclic) bond motifs is 1. The fourth-order valence-electron chi connectivity index (χ4n) is 4.68. The topological polar surface area (TPSA) is 54.8 Å². The van der Waals surface area contributed by atoms with Crippen molar-refractivity contribution in [1.29, 1.82) is 0 Å². The van der Waals surface area contributed by atoms with Gasteiger partial charge in [-0.1, -0.05) is 71.2 Å². The van der Waals surface area contributed by atoms with Crippen LogP contribution in [0.15, 0.2) is 71.8 Å². The number of benzene rings is 3. The number of pyridine rings is 1. The van der Waals surface area contributed by atoms with Gasteiger partial charge in [0.15, 0.2) is 0 Å². The third-order valence-corrected chi connectivity index (χ3v) is 7.22. The molecule has 1 atom stereocenters. The maximum absolute atomic E-state index is 13.1. The summed E-state index contributed by atoms with van der Waals surface area (Å²) in [7, 11) is 1.49. The lowest BCUT2D eigenvalue weighted by Crippen LogP contribution is -2.30. The lowest BCUT2D eigenvalue weighted by Gasteiger charge is -2.22. The first-order valence-corrected chi connectivity index (χ1v) is 12.5. The molecule has 182 valence electrons. The van der Waals surface area contributed by atoms with Gasteiger partial charge in [-0.15, -0.1) is 0 Å². The molecule has 1 aromatic heterocycles. The minimum atomic E-state index is -0.365. The lowest BCUT2D eigenvalue weighted by molar-refractivity contribution is -0.137. The van der Waals surface area contributed by atoms with Crippen molar-refractivity contribution in [2.24, 2.45) is 5.10 Å². The molecule has 0 radical (unpaired) electrons. The van der Waals surface area contributed by atoms with Gasteiger partial charge in [0, 0.05) is 40.8 Å². The number of amides is 1. The van der Waals surface area contributed by atoms with Gasteiger partial charge in [-0.3, -0.25) is 9.78 Å². The van der Waals surface area contributed by atoms with Crippen LogP contribution in [0.1, 0.15) is 29.3 Å². The summed E-state index contributed by atoms with van der Waals surface area (Å²) in [5.74, 6) is -0.251. The molecule has 0 saturated carbocycles. The fourth-order valence-corrected chi connectivity index (χ4v) is 5.15. The van der Waals surface area contributed by atoms with Gasteiger partial charge in [0.2, 0.25) is 0 Å². The molecule has 8 heteroatoms. The van der Waals surface area contributed by atoms with E-state index >= 15 is 0 Å². The van der Waals surface area contributed by atoms with E-state index in [1.807, 2.05) is 49.4 Å². The first-order valence-electron chi connectivity index (χ1n) is 11.4. The number of ether oxygens (including phenoxy) is 1. The van der Waals surface area contributed by atoms with Crippen molar-refractivity contribution >= 4 is 57.3 Å². The number of halogens is 3. The number of hydrogen-bond acceptors (Lipinski definition) is 4. The Bertz CT molecular complexity index is 1510. The average Bonchev–Trinajstić information content (AvgIpc) is 3.31. The van der Waals surface area contributed by atoms with Crippen LogP contribution >= 0.6 is 34.8 Å². The van der Waals surface area contributed by atoms with E-state index in [0.717, 1.165) is 44.6 Å². The maximum Gasteiger partial charge on any atom is 0.269 e. The van der Waals surface area contributed by atoms with E-state index < -0.39 is 0 Å². The van der Waals surface area contributed by atoms with Crippen LogP contribution in [-0.4, -0.2) is 35.3 Å². The second-order valence-electron chi connectivity index (χ2n) is 8.59. The van der Waals surface area contributed by atoms with Crippen molar-refractivity contribution in [2.75, 3.05) is 13.7 Å². The van der Waals surface area contributed by atoms with Crippen LogP contribution in [-0.2, 0) is 9.53 Å². The molecule has 0 N–H and O–H groups in total. The fraction of sp³-hybridized carbons (Fsp3) is 0.179. The SMILES string of the molecule is COCC(=O)N1N=C(c2c(C)nc3ccc(Cl)cc3c2-c2ccccc2)CC1c1ccc(Cl)c(Cl)c1. The largest absolute Gasteiger partial charge is 0.375 e. The van der Waals surface area contributed by atoms with Gasteiger partial charge >= 0.3 is 0 Å². The minimum Gasteiger partial charge on any atom is -0.375 e. The summed E-state index contributed by atoms with van der Waals surface area (Å²) in [6.07, 6.45) is 0.474. The van der Waals surface area contributed by atoms with Crippen molar-refractivity contribution in [1.82, 2.24) is 9.99 Å². The molecular formula is C28H22Cl3N3O2. The number of carbonyl (C=O) groups excluding carboxylic acids is 1. The van der Waals surface area contributed by atoms with Gasteiger partial charge in [-0.2, -0.15) is 5.10 Å². The molecule has 5 nitrogen and oxygen atoms in total. The minimum absolute atomic E-state index is 0.0926. The summed E-state index contributed by atoms with van der Waals surface area (Å²) in [5.41, 5.74) is 6.12. The van der Waals surface area contributed by atoms with Crippen LogP contribution in [0.5, 0.6) is 0 Å². The molecule has 4 aromatic rings. The first kappa shape index (κ1) is 24.7. The Labute approximate surface area is 224 Å². The number of hydrazone groups is 1. The second-order valence-corrected chi connectivity index (χ2v) is 9.84. The second kappa shape index (κ2) is 10.2. The van der Waals surface area contributed by atoms with Gasteiger partial charge in [0.25, 0.3) is 5.91 Å². The third-order valence-electron chi connectivity index (χ3n) is 6.24. The predicted molar refractivity (Wildman–Crippen MR) is 146 cm³/mol. The highest BCUT2D eigenvalue weighted by molar-refractivity contribution is 6.42. The number of hydrogen-bond donors (Lipinski definition) is 0. The van der Waals surface area contributed by atoms with Crippen molar-refractivity contribution < 1.29 is 9.53 Å². The highest BCUT2D eigenvalue weighted by atomic mass is 35.5. The zero-order valence-electron chi connectivity index (χ0n) is 19.6. The molecule has 0 spiro atoms. The molecule has 36 heavy (non-hydrogen) atoms. The smallest absolute Gasteiger partial charge is 0.269 e. The normalized spacial score (nSPS) is 15.4. The van der Waals surface area contributed by atoms with E-state index in [0.29, 0.717) is 21.5 Å². The summed E-state index contributed by atoms with van der Waals surface area (Å²) in [6, 6.07) is 20.8. The van der Waals surface area contributed by atoms with Crippen LogP contribution in [0.4, 0.5) is 0 Å². The number of rotatable bonds is 5. The van der Waals surface area contributed by atoms with E-state index in [1.165, 1.54) is 12.1 Å². The molecule has 1 amide bonds. The molecule has 1 aliphatic rings. The number of carbonyl (C=O) groups is 1. The Kier molecular flexibility index (Phi) is 7.00. The molecule has 0 fully saturated rings. The summed E-state index contributed by atoms with van der Waals surface area (Å²) in [6.45, 7) is 1.87. The summed E-state index contributed by atoms with van der Waals surface area (Å²) >= 11 is 18.9. The Hall–Kier alpha value is -2.96. The summed E-state index contributed by atoms with van der Waals surface area (Å²) in [4.78, 5) is 17.9. The molecule has 0 bridgehead atoms. The standard InChI is InChI=1S/C28H22Cl3N3O2/c1-16-27(28(17-6-4-3-5-7-17)20-13-19(29)9-11-23(20)32-16)24-14-25(34(33-24)26(35)15-36-2)18-8-10-21(30)22(31)12-18/h3-13,25H,14-15H2,1-2H3. The number of methoxy groups -OCH3 is 1. The zero-order valence-corrected chi connectivity index (χ0v) is 21.9. The Morgan fingerprint density at radius 3 is 2.50 bits per heavy atom. The van der Waals surface area contributed by atoms with Crippen LogP contribution in [0.3, 0.4) is 0 Å². The first-order chi connectivity index (χ1) is 17.4. The molecule has 5 rings (SSSR count). The van der Waals surface area contributed by atoms with Crippen molar-refractivity contribution in [3.05, 3.63) is 98.6 Å². The number of aromatic nitrogens is 1. The van der Waals surface area contributed by atoms with Gasteiger partial charge in [0.1, 0.15) is 6.61 Å². The monoisotopic (exact) mass is 537 g/mol. The molecule has 3 aromatic carbocycles. The zero-order chi connectivity index (χ0) is 25.4. The molecule has 1 aliphatic heterocycles. The maximum atomic E-state index is 13.1. The molecule has 0 aliphatic carbocycles. The Morgan fingerprint density at radius 2 is 1.78 bits per heavy atom. The Balaban J connectivity index is 1.72. The lowest BCUT2D eigenvalue weighted by atomic mass is 9.89. The summed E-state index contributed by atoms with van der Waals surface area (Å²) < 4.78 is 5.14. The van der Waals surface area contributed by atoms with Crippen LogP contribution in [0, 0.1) is 6.92 Å². The quantitative estimate of drug-likeness (QED) is 0.264. The van der Waals surface area contributed by atoms with E-state index in [-0.39, 0.29) is 18.6 Å². The highest BCUT2D eigenvalue weighted by Gasteiger charge is 2.35. The highest BCUT2D eigenvalue weighted by Crippen LogP contribution is 2.40. The van der Waals surface area contributed by atoms with Crippen molar-refractivity contribution in [3.8, 4) is 11.1 Å². The van der Waals surface area contributed by atoms with Crippen LogP contribution in [0.25, 0.3) is 22.0 Å². The van der Waals surface area contributed by atoms with Crippen molar-refractivity contribution in [2.45, 2.75) is 19.4 Å². The van der Waals surface area contributed by atoms with Gasteiger partial charge < -0.3 is 4.74 Å². The number of nitrogens with zero attached hydrogens (tertiary/aromatic N) is 3. The van der Waals surface area contributed by atoms with E-state index in [1.54, 1.807) is 12.1 Å². The molecule has 2 heterocycles. The van der Waals surface area contributed by atoms with Gasteiger partial charge in [-0.25, -0.2) is 5.01 Å². The Morgan fingerprint density at radius 1 is 1.00 bits per heavy atom. The predicted octanol–water partition coefficient (Wildman–Crippen LogP) is 7.49. The number of aryl methyl sites for hydroxylation is 1. The van der Waals surface area contributed by atoms with E-state index in [9.17, 15) is 4.79 Å².